The van der Waals surface area contributed by atoms with E-state index in [2.05, 4.69) is 0 Å². The average molecular weight is 314 g/mol. The zero-order valence-electron chi connectivity index (χ0n) is 10.6. The van der Waals surface area contributed by atoms with Gasteiger partial charge in [0.2, 0.25) is 0 Å². The van der Waals surface area contributed by atoms with Gasteiger partial charge in [0.15, 0.2) is 0 Å². The summed E-state index contributed by atoms with van der Waals surface area (Å²) in [6, 6.07) is 6.96. The van der Waals surface area contributed by atoms with E-state index in [4.69, 9.17) is 31.9 Å². The van der Waals surface area contributed by atoms with Crippen molar-refractivity contribution in [2.75, 3.05) is 12.4 Å². The maximum absolute atomic E-state index is 11.8. The van der Waals surface area contributed by atoms with Gasteiger partial charge in [-0.15, -0.1) is 0 Å². The van der Waals surface area contributed by atoms with Crippen molar-refractivity contribution >= 4 is 39.3 Å². The molecule has 106 valence electrons. The Bertz CT molecular complexity index is 687. The molecular formula is C13H14ClN2O3S+. The van der Waals surface area contributed by atoms with Crippen molar-refractivity contribution in [2.24, 2.45) is 5.73 Å². The highest BCUT2D eigenvalue weighted by molar-refractivity contribution is 8.13. The van der Waals surface area contributed by atoms with Crippen molar-refractivity contribution in [3.05, 3.63) is 39.7 Å². The molecule has 0 saturated heterocycles. The molecule has 0 radical (unpaired) electrons. The normalized spacial score (nSPS) is 10.7. The van der Waals surface area contributed by atoms with Gasteiger partial charge in [0.1, 0.15) is 5.02 Å². The van der Waals surface area contributed by atoms with Gasteiger partial charge in [-0.3, -0.25) is 11.1 Å². The maximum Gasteiger partial charge on any atom is 0.346 e. The predicted octanol–water partition coefficient (Wildman–Crippen LogP) is 1.02. The van der Waals surface area contributed by atoms with Gasteiger partial charge in [0.25, 0.3) is 5.17 Å². The third kappa shape index (κ3) is 3.46. The van der Waals surface area contributed by atoms with Gasteiger partial charge in [-0.1, -0.05) is 29.8 Å². The van der Waals surface area contributed by atoms with E-state index in [1.54, 1.807) is 24.3 Å². The Morgan fingerprint density at radius 1 is 1.40 bits per heavy atom. The number of hydrogen-bond acceptors (Lipinski definition) is 4. The van der Waals surface area contributed by atoms with Crippen LogP contribution in [0.3, 0.4) is 0 Å². The molecule has 0 atom stereocenters. The van der Waals surface area contributed by atoms with Gasteiger partial charge < -0.3 is 9.15 Å². The third-order valence-electron chi connectivity index (χ3n) is 2.54. The molecular weight excluding hydrogens is 300 g/mol. The summed E-state index contributed by atoms with van der Waals surface area (Å²) < 4.78 is 10.5. The second-order valence-electron chi connectivity index (χ2n) is 3.99. The summed E-state index contributed by atoms with van der Waals surface area (Å²) >= 11 is 7.51. The van der Waals surface area contributed by atoms with E-state index in [1.165, 1.54) is 11.8 Å². The van der Waals surface area contributed by atoms with Crippen LogP contribution in [0, 0.1) is 0 Å². The van der Waals surface area contributed by atoms with Crippen LogP contribution in [0.1, 0.15) is 6.42 Å². The standard InChI is InChI=1S/C13H13ClN2O3S/c14-10-8-4-1-2-5-9(8)11(17)19-12(10)18-6-3-7-20-13(15)16/h1-2,4-5H,3,6-7H2,(H3,15,16)/p+1. The van der Waals surface area contributed by atoms with Crippen LogP contribution in [0.2, 0.25) is 5.02 Å². The summed E-state index contributed by atoms with van der Waals surface area (Å²) in [6.07, 6.45) is 0.704. The van der Waals surface area contributed by atoms with Crippen LogP contribution in [0.5, 0.6) is 5.95 Å². The molecule has 1 heterocycles. The van der Waals surface area contributed by atoms with E-state index in [-0.39, 0.29) is 5.95 Å². The largest absolute Gasteiger partial charge is 0.464 e. The smallest absolute Gasteiger partial charge is 0.346 e. The molecule has 4 N–H and O–H groups in total. The molecule has 20 heavy (non-hydrogen) atoms. The van der Waals surface area contributed by atoms with Crippen molar-refractivity contribution in [1.29, 1.82) is 0 Å². The minimum atomic E-state index is -0.464. The molecule has 0 aliphatic rings. The Morgan fingerprint density at radius 3 is 2.80 bits per heavy atom. The van der Waals surface area contributed by atoms with Crippen LogP contribution in [0.4, 0.5) is 0 Å². The Balaban J connectivity index is 2.09. The second-order valence-corrected chi connectivity index (χ2v) is 5.54. The summed E-state index contributed by atoms with van der Waals surface area (Å²) in [4.78, 5) is 11.8. The summed E-state index contributed by atoms with van der Waals surface area (Å²) in [5, 5.41) is 7.01. The number of halogens is 1. The fraction of sp³-hybridized carbons (Fsp3) is 0.231. The number of amidine groups is 1. The second kappa shape index (κ2) is 6.67. The van der Waals surface area contributed by atoms with Crippen LogP contribution in [-0.2, 0) is 0 Å². The molecule has 0 bridgehead atoms. The highest BCUT2D eigenvalue weighted by Gasteiger charge is 2.12. The lowest BCUT2D eigenvalue weighted by Gasteiger charge is -2.07. The first-order chi connectivity index (χ1) is 9.59. The first kappa shape index (κ1) is 14.7. The van der Waals surface area contributed by atoms with Crippen molar-refractivity contribution in [3.8, 4) is 5.95 Å². The molecule has 1 aromatic carbocycles. The van der Waals surface area contributed by atoms with Crippen LogP contribution in [0.15, 0.2) is 33.5 Å². The number of benzene rings is 1. The summed E-state index contributed by atoms with van der Waals surface area (Å²) in [6.45, 7) is 0.362. The molecule has 0 spiro atoms. The number of nitrogens with two attached hydrogens (primary N) is 2. The van der Waals surface area contributed by atoms with Crippen molar-refractivity contribution < 1.29 is 14.6 Å². The van der Waals surface area contributed by atoms with Gasteiger partial charge in [0, 0.05) is 11.1 Å². The number of hydrogen-bond donors (Lipinski definition) is 2. The SMILES string of the molecule is NC(=[NH2+])SCCCOc1oc(=O)c2ccccc2c1Cl. The molecule has 7 heteroatoms. The fourth-order valence-corrected chi connectivity index (χ4v) is 2.41. The van der Waals surface area contributed by atoms with E-state index in [1.807, 2.05) is 0 Å². The molecule has 0 aliphatic heterocycles. The minimum absolute atomic E-state index is 0.0464. The molecule has 2 aromatic rings. The van der Waals surface area contributed by atoms with Gasteiger partial charge in [0.05, 0.1) is 12.0 Å². The number of thioether (sulfide) groups is 1. The summed E-state index contributed by atoms with van der Waals surface area (Å²) in [5.41, 5.74) is 4.86. The van der Waals surface area contributed by atoms with Gasteiger partial charge in [-0.05, 0) is 24.2 Å². The Morgan fingerprint density at radius 2 is 2.10 bits per heavy atom. The summed E-state index contributed by atoms with van der Waals surface area (Å²) in [7, 11) is 0. The molecule has 0 fully saturated rings. The number of rotatable bonds is 5. The van der Waals surface area contributed by atoms with E-state index in [9.17, 15) is 4.79 Å². The molecule has 0 saturated carbocycles. The quantitative estimate of drug-likeness (QED) is 0.488. The number of fused-ring (bicyclic) bond motifs is 1. The Labute approximate surface area is 124 Å². The van der Waals surface area contributed by atoms with Crippen LogP contribution >= 0.6 is 23.4 Å². The third-order valence-corrected chi connectivity index (χ3v) is 3.72. The molecule has 0 aliphatic carbocycles. The zero-order chi connectivity index (χ0) is 14.5. The van der Waals surface area contributed by atoms with Crippen molar-refractivity contribution in [2.45, 2.75) is 6.42 Å². The molecule has 0 unspecified atom stereocenters. The van der Waals surface area contributed by atoms with Crippen LogP contribution < -0.4 is 21.5 Å². The number of ether oxygens (including phenoxy) is 1. The minimum Gasteiger partial charge on any atom is -0.464 e. The van der Waals surface area contributed by atoms with Gasteiger partial charge in [-0.25, -0.2) is 4.79 Å². The molecule has 5 nitrogen and oxygen atoms in total. The first-order valence-electron chi connectivity index (χ1n) is 5.94. The predicted molar refractivity (Wildman–Crippen MR) is 81.2 cm³/mol. The topological polar surface area (TPSA) is 91.1 Å². The highest BCUT2D eigenvalue weighted by atomic mass is 35.5. The zero-order valence-corrected chi connectivity index (χ0v) is 12.2. The van der Waals surface area contributed by atoms with Crippen molar-refractivity contribution in [1.82, 2.24) is 0 Å². The molecule has 1 aromatic heterocycles. The van der Waals surface area contributed by atoms with Crippen LogP contribution in [0.25, 0.3) is 10.8 Å². The van der Waals surface area contributed by atoms with Crippen LogP contribution in [-0.4, -0.2) is 17.5 Å². The van der Waals surface area contributed by atoms with E-state index < -0.39 is 5.63 Å². The fourth-order valence-electron chi connectivity index (χ4n) is 1.65. The lowest BCUT2D eigenvalue weighted by atomic mass is 10.2. The maximum atomic E-state index is 11.8. The van der Waals surface area contributed by atoms with Gasteiger partial charge in [-0.2, -0.15) is 0 Å². The lowest BCUT2D eigenvalue weighted by molar-refractivity contribution is -0.110. The highest BCUT2D eigenvalue weighted by Crippen LogP contribution is 2.30. The lowest BCUT2D eigenvalue weighted by Crippen LogP contribution is -2.43. The van der Waals surface area contributed by atoms with Crippen molar-refractivity contribution in [3.63, 3.8) is 0 Å². The molecule has 2 rings (SSSR count). The van der Waals surface area contributed by atoms with E-state index >= 15 is 0 Å². The first-order valence-corrected chi connectivity index (χ1v) is 7.31. The average Bonchev–Trinajstić information content (AvgIpc) is 2.43. The Kier molecular flexibility index (Phi) is 4.92. The van der Waals surface area contributed by atoms with E-state index in [0.717, 1.165) is 5.75 Å². The molecule has 0 amide bonds. The van der Waals surface area contributed by atoms with E-state index in [0.29, 0.717) is 34.0 Å². The van der Waals surface area contributed by atoms with Gasteiger partial charge >= 0.3 is 11.6 Å². The Hall–Kier alpha value is -1.66. The monoisotopic (exact) mass is 313 g/mol. The summed E-state index contributed by atoms with van der Waals surface area (Å²) in [5.74, 6) is 0.766.